The minimum Gasteiger partial charge on any atom is -0.380 e. The molecule has 2 heterocycles. The first kappa shape index (κ1) is 14.1. The summed E-state index contributed by atoms with van der Waals surface area (Å²) >= 11 is 9.51. The monoisotopic (exact) mass is 331 g/mol. The molecule has 0 bridgehead atoms. The van der Waals surface area contributed by atoms with Gasteiger partial charge in [0.15, 0.2) is 5.15 Å². The zero-order valence-electron chi connectivity index (χ0n) is 10.6. The SMILES string of the molecule is CCCN1CCC(Nc2cc(Br)cnc2Cl)CC1. The molecule has 0 amide bonds. The third-order valence-corrected chi connectivity index (χ3v) is 4.03. The smallest absolute Gasteiger partial charge is 0.152 e. The molecule has 1 fully saturated rings. The van der Waals surface area contributed by atoms with E-state index in [9.17, 15) is 0 Å². The summed E-state index contributed by atoms with van der Waals surface area (Å²) in [7, 11) is 0. The average Bonchev–Trinajstić information content (AvgIpc) is 2.37. The Kier molecular flexibility index (Phi) is 5.27. The van der Waals surface area contributed by atoms with Crippen LogP contribution in [0.3, 0.4) is 0 Å². The fourth-order valence-electron chi connectivity index (χ4n) is 2.36. The largest absolute Gasteiger partial charge is 0.380 e. The first-order valence-electron chi connectivity index (χ1n) is 6.49. The molecule has 1 aromatic rings. The zero-order valence-corrected chi connectivity index (χ0v) is 13.0. The van der Waals surface area contributed by atoms with Crippen LogP contribution in [0.5, 0.6) is 0 Å². The van der Waals surface area contributed by atoms with Gasteiger partial charge in [0.25, 0.3) is 0 Å². The third-order valence-electron chi connectivity index (χ3n) is 3.29. The highest BCUT2D eigenvalue weighted by atomic mass is 79.9. The van der Waals surface area contributed by atoms with Gasteiger partial charge in [-0.15, -0.1) is 0 Å². The predicted octanol–water partition coefficient (Wildman–Crippen LogP) is 3.78. The molecule has 0 aromatic carbocycles. The normalized spacial score (nSPS) is 17.9. The standard InChI is InChI=1S/C13H19BrClN3/c1-2-5-18-6-3-11(4-7-18)17-12-8-10(14)9-16-13(12)15/h8-9,11,17H,2-7H2,1H3. The Morgan fingerprint density at radius 1 is 1.50 bits per heavy atom. The van der Waals surface area contributed by atoms with Crippen LogP contribution >= 0.6 is 27.5 Å². The van der Waals surface area contributed by atoms with Crippen molar-refractivity contribution in [2.75, 3.05) is 25.0 Å². The van der Waals surface area contributed by atoms with E-state index in [4.69, 9.17) is 11.6 Å². The number of hydrogen-bond donors (Lipinski definition) is 1. The van der Waals surface area contributed by atoms with Crippen molar-refractivity contribution in [2.45, 2.75) is 32.2 Å². The van der Waals surface area contributed by atoms with Crippen LogP contribution in [-0.4, -0.2) is 35.6 Å². The van der Waals surface area contributed by atoms with Crippen molar-refractivity contribution in [1.82, 2.24) is 9.88 Å². The number of nitrogens with one attached hydrogen (secondary N) is 1. The fourth-order valence-corrected chi connectivity index (χ4v) is 2.85. The maximum Gasteiger partial charge on any atom is 0.152 e. The molecule has 1 saturated heterocycles. The Balaban J connectivity index is 1.89. The van der Waals surface area contributed by atoms with Crippen LogP contribution in [0.15, 0.2) is 16.7 Å². The van der Waals surface area contributed by atoms with Crippen LogP contribution in [0, 0.1) is 0 Å². The Bertz CT molecular complexity index is 392. The quantitative estimate of drug-likeness (QED) is 0.850. The molecule has 0 saturated carbocycles. The summed E-state index contributed by atoms with van der Waals surface area (Å²) in [5.41, 5.74) is 0.931. The van der Waals surface area contributed by atoms with Gasteiger partial charge in [0, 0.05) is 29.8 Å². The number of nitrogens with zero attached hydrogens (tertiary/aromatic N) is 2. The lowest BCUT2D eigenvalue weighted by Gasteiger charge is -2.32. The van der Waals surface area contributed by atoms with Gasteiger partial charge in [-0.1, -0.05) is 18.5 Å². The Morgan fingerprint density at radius 2 is 2.22 bits per heavy atom. The van der Waals surface area contributed by atoms with Crippen molar-refractivity contribution in [1.29, 1.82) is 0 Å². The maximum absolute atomic E-state index is 6.09. The van der Waals surface area contributed by atoms with Gasteiger partial charge in [0.05, 0.1) is 5.69 Å². The molecule has 0 aliphatic carbocycles. The van der Waals surface area contributed by atoms with E-state index >= 15 is 0 Å². The molecule has 5 heteroatoms. The molecule has 2 rings (SSSR count). The molecule has 0 unspecified atom stereocenters. The lowest BCUT2D eigenvalue weighted by atomic mass is 10.0. The number of pyridine rings is 1. The van der Waals surface area contributed by atoms with Gasteiger partial charge in [0.2, 0.25) is 0 Å². The van der Waals surface area contributed by atoms with E-state index in [1.807, 2.05) is 6.07 Å². The van der Waals surface area contributed by atoms with Crippen molar-refractivity contribution in [3.8, 4) is 0 Å². The van der Waals surface area contributed by atoms with E-state index in [0.717, 1.165) is 10.2 Å². The lowest BCUT2D eigenvalue weighted by molar-refractivity contribution is 0.219. The second-order valence-electron chi connectivity index (χ2n) is 4.75. The molecular formula is C13H19BrClN3. The summed E-state index contributed by atoms with van der Waals surface area (Å²) in [6, 6.07) is 2.50. The Hall–Kier alpha value is -0.320. The van der Waals surface area contributed by atoms with E-state index in [0.29, 0.717) is 11.2 Å². The predicted molar refractivity (Wildman–Crippen MR) is 80.3 cm³/mol. The van der Waals surface area contributed by atoms with Crippen LogP contribution < -0.4 is 5.32 Å². The first-order valence-corrected chi connectivity index (χ1v) is 7.66. The number of anilines is 1. The van der Waals surface area contributed by atoms with Crippen molar-refractivity contribution < 1.29 is 0 Å². The number of aromatic nitrogens is 1. The van der Waals surface area contributed by atoms with Gasteiger partial charge >= 0.3 is 0 Å². The topological polar surface area (TPSA) is 28.2 Å². The van der Waals surface area contributed by atoms with E-state index in [2.05, 4.69) is 38.1 Å². The number of hydrogen-bond acceptors (Lipinski definition) is 3. The van der Waals surface area contributed by atoms with E-state index in [-0.39, 0.29) is 0 Å². The van der Waals surface area contributed by atoms with E-state index in [1.165, 1.54) is 38.9 Å². The maximum atomic E-state index is 6.09. The van der Waals surface area contributed by atoms with E-state index < -0.39 is 0 Å². The van der Waals surface area contributed by atoms with Gasteiger partial charge in [0.1, 0.15) is 0 Å². The van der Waals surface area contributed by atoms with Gasteiger partial charge < -0.3 is 10.2 Å². The minimum absolute atomic E-state index is 0.506. The molecule has 1 aliphatic rings. The summed E-state index contributed by atoms with van der Waals surface area (Å²) in [4.78, 5) is 6.66. The minimum atomic E-state index is 0.506. The highest BCUT2D eigenvalue weighted by Crippen LogP contribution is 2.25. The molecule has 0 radical (unpaired) electrons. The number of likely N-dealkylation sites (tertiary alicyclic amines) is 1. The summed E-state index contributed by atoms with van der Waals surface area (Å²) in [6.07, 6.45) is 5.29. The Morgan fingerprint density at radius 3 is 2.89 bits per heavy atom. The van der Waals surface area contributed by atoms with Gasteiger partial charge in [-0.05, 0) is 47.8 Å². The average molecular weight is 333 g/mol. The van der Waals surface area contributed by atoms with Gasteiger partial charge in [-0.3, -0.25) is 0 Å². The van der Waals surface area contributed by atoms with Gasteiger partial charge in [-0.2, -0.15) is 0 Å². The van der Waals surface area contributed by atoms with Crippen LogP contribution in [0.2, 0.25) is 5.15 Å². The molecule has 1 aromatic heterocycles. The van der Waals surface area contributed by atoms with Crippen LogP contribution in [0.25, 0.3) is 0 Å². The zero-order chi connectivity index (χ0) is 13.0. The van der Waals surface area contributed by atoms with Crippen LogP contribution in [0.1, 0.15) is 26.2 Å². The second-order valence-corrected chi connectivity index (χ2v) is 6.03. The van der Waals surface area contributed by atoms with Crippen molar-refractivity contribution >= 4 is 33.2 Å². The van der Waals surface area contributed by atoms with E-state index in [1.54, 1.807) is 6.20 Å². The third kappa shape index (κ3) is 3.84. The van der Waals surface area contributed by atoms with Crippen molar-refractivity contribution in [2.24, 2.45) is 0 Å². The van der Waals surface area contributed by atoms with Crippen LogP contribution in [-0.2, 0) is 0 Å². The number of halogens is 2. The van der Waals surface area contributed by atoms with Crippen LogP contribution in [0.4, 0.5) is 5.69 Å². The molecule has 18 heavy (non-hydrogen) atoms. The highest BCUT2D eigenvalue weighted by Gasteiger charge is 2.19. The first-order chi connectivity index (χ1) is 8.69. The molecule has 100 valence electrons. The summed E-state index contributed by atoms with van der Waals surface area (Å²) in [5.74, 6) is 0. The molecule has 0 spiro atoms. The van der Waals surface area contributed by atoms with Crippen molar-refractivity contribution in [3.05, 3.63) is 21.9 Å². The highest BCUT2D eigenvalue weighted by molar-refractivity contribution is 9.10. The molecule has 0 atom stereocenters. The molecule has 1 N–H and O–H groups in total. The van der Waals surface area contributed by atoms with Crippen molar-refractivity contribution in [3.63, 3.8) is 0 Å². The molecule has 3 nitrogen and oxygen atoms in total. The lowest BCUT2D eigenvalue weighted by Crippen LogP contribution is -2.39. The molecule has 1 aliphatic heterocycles. The summed E-state index contributed by atoms with van der Waals surface area (Å²) < 4.78 is 0.956. The fraction of sp³-hybridized carbons (Fsp3) is 0.615. The summed E-state index contributed by atoms with van der Waals surface area (Å²) in [6.45, 7) is 5.79. The molecular weight excluding hydrogens is 314 g/mol. The summed E-state index contributed by atoms with van der Waals surface area (Å²) in [5, 5.41) is 4.05. The second kappa shape index (κ2) is 6.73. The number of rotatable bonds is 4. The number of piperidine rings is 1. The van der Waals surface area contributed by atoms with Gasteiger partial charge in [-0.25, -0.2) is 4.98 Å². The Labute approximate surface area is 122 Å².